The van der Waals surface area contributed by atoms with Crippen LogP contribution in [0.4, 0.5) is 11.4 Å². The Morgan fingerprint density at radius 3 is 2.47 bits per heavy atom. The highest BCUT2D eigenvalue weighted by molar-refractivity contribution is 5.74. The Hall–Kier alpha value is -2.14. The van der Waals surface area contributed by atoms with Crippen LogP contribution in [0, 0.1) is 0 Å². The van der Waals surface area contributed by atoms with Gasteiger partial charge >= 0.3 is 0 Å². The first kappa shape index (κ1) is 13.3. The maximum absolute atomic E-state index is 11.5. The average molecular weight is 259 g/mol. The number of nitrogens with two attached hydrogens (primary N) is 1. The zero-order valence-electron chi connectivity index (χ0n) is 11.1. The molecule has 0 unspecified atom stereocenters. The van der Waals surface area contributed by atoms with Gasteiger partial charge in [0, 0.05) is 27.2 Å². The van der Waals surface area contributed by atoms with Crippen LogP contribution < -0.4 is 26.8 Å². The van der Waals surface area contributed by atoms with E-state index in [9.17, 15) is 9.59 Å². The van der Waals surface area contributed by atoms with Crippen LogP contribution in [0.15, 0.2) is 33.9 Å². The standard InChI is InChI=1S/C14H17N3O2/c1-17(2)12-11(13(18)14(12)19)16-8-10-5-3-4-9(6-10)7-15/h3-6,16H,7-8,15H2,1-2H3. The maximum Gasteiger partial charge on any atom is 0.253 e. The van der Waals surface area contributed by atoms with Crippen molar-refractivity contribution in [2.24, 2.45) is 5.73 Å². The van der Waals surface area contributed by atoms with E-state index in [0.717, 1.165) is 11.1 Å². The summed E-state index contributed by atoms with van der Waals surface area (Å²) in [7, 11) is 3.49. The molecule has 0 bridgehead atoms. The fourth-order valence-corrected chi connectivity index (χ4v) is 2.03. The van der Waals surface area contributed by atoms with Crippen LogP contribution >= 0.6 is 0 Å². The number of rotatable bonds is 5. The van der Waals surface area contributed by atoms with Crippen molar-refractivity contribution in [3.8, 4) is 0 Å². The van der Waals surface area contributed by atoms with Gasteiger partial charge in [-0.25, -0.2) is 0 Å². The highest BCUT2D eigenvalue weighted by Gasteiger charge is 2.21. The summed E-state index contributed by atoms with van der Waals surface area (Å²) in [6.07, 6.45) is 0. The van der Waals surface area contributed by atoms with E-state index in [2.05, 4.69) is 5.32 Å². The molecule has 0 aliphatic rings. The molecule has 0 aromatic heterocycles. The molecule has 19 heavy (non-hydrogen) atoms. The molecule has 0 radical (unpaired) electrons. The second-order valence-electron chi connectivity index (χ2n) is 4.65. The number of nitrogens with zero attached hydrogens (tertiary/aromatic N) is 1. The first-order chi connectivity index (χ1) is 9.04. The highest BCUT2D eigenvalue weighted by Crippen LogP contribution is 2.18. The largest absolute Gasteiger partial charge is 0.376 e. The van der Waals surface area contributed by atoms with E-state index in [0.29, 0.717) is 24.5 Å². The van der Waals surface area contributed by atoms with Crippen molar-refractivity contribution >= 4 is 11.4 Å². The summed E-state index contributed by atoms with van der Waals surface area (Å²) in [6.45, 7) is 0.983. The van der Waals surface area contributed by atoms with E-state index < -0.39 is 10.9 Å². The van der Waals surface area contributed by atoms with Crippen molar-refractivity contribution < 1.29 is 0 Å². The zero-order valence-corrected chi connectivity index (χ0v) is 11.1. The molecule has 2 aromatic rings. The van der Waals surface area contributed by atoms with Crippen LogP contribution in [0.1, 0.15) is 11.1 Å². The molecule has 0 saturated carbocycles. The van der Waals surface area contributed by atoms with Crippen LogP contribution in [-0.2, 0) is 13.1 Å². The highest BCUT2D eigenvalue weighted by atomic mass is 16.2. The molecular formula is C14H17N3O2. The molecule has 0 saturated heterocycles. The van der Waals surface area contributed by atoms with Crippen LogP contribution in [0.2, 0.25) is 0 Å². The lowest BCUT2D eigenvalue weighted by Gasteiger charge is -2.19. The number of benzene rings is 1. The molecule has 5 nitrogen and oxygen atoms in total. The molecule has 0 aliphatic carbocycles. The Labute approximate surface area is 111 Å². The van der Waals surface area contributed by atoms with Gasteiger partial charge in [-0.05, 0) is 11.1 Å². The Morgan fingerprint density at radius 1 is 1.16 bits per heavy atom. The van der Waals surface area contributed by atoms with Gasteiger partial charge in [0.1, 0.15) is 11.4 Å². The monoisotopic (exact) mass is 259 g/mol. The van der Waals surface area contributed by atoms with Gasteiger partial charge in [-0.15, -0.1) is 0 Å². The van der Waals surface area contributed by atoms with E-state index in [4.69, 9.17) is 5.73 Å². The summed E-state index contributed by atoms with van der Waals surface area (Å²) in [4.78, 5) is 24.6. The average Bonchev–Trinajstić information content (AvgIpc) is 2.42. The van der Waals surface area contributed by atoms with Gasteiger partial charge in [0.05, 0.1) is 0 Å². The maximum atomic E-state index is 11.5. The predicted octanol–water partition coefficient (Wildman–Crippen LogP) is 0.419. The van der Waals surface area contributed by atoms with Crippen LogP contribution in [0.25, 0.3) is 0 Å². The summed E-state index contributed by atoms with van der Waals surface area (Å²) >= 11 is 0. The predicted molar refractivity (Wildman–Crippen MR) is 77.3 cm³/mol. The summed E-state index contributed by atoms with van der Waals surface area (Å²) in [5.41, 5.74) is 7.61. The van der Waals surface area contributed by atoms with Crippen LogP contribution in [0.5, 0.6) is 0 Å². The summed E-state index contributed by atoms with van der Waals surface area (Å²) < 4.78 is 0. The van der Waals surface area contributed by atoms with Crippen molar-refractivity contribution in [3.63, 3.8) is 0 Å². The number of anilines is 2. The van der Waals surface area contributed by atoms with Gasteiger partial charge in [0.2, 0.25) is 0 Å². The molecule has 2 aromatic carbocycles. The van der Waals surface area contributed by atoms with Crippen molar-refractivity contribution in [2.45, 2.75) is 13.1 Å². The molecule has 0 atom stereocenters. The van der Waals surface area contributed by atoms with Gasteiger partial charge in [-0.1, -0.05) is 24.3 Å². The molecule has 5 heteroatoms. The number of hydrogen-bond acceptors (Lipinski definition) is 5. The first-order valence-corrected chi connectivity index (χ1v) is 6.07. The molecule has 2 rings (SSSR count). The fourth-order valence-electron chi connectivity index (χ4n) is 2.03. The Kier molecular flexibility index (Phi) is 3.66. The third-order valence-electron chi connectivity index (χ3n) is 3.03. The molecule has 3 N–H and O–H groups in total. The second-order valence-corrected chi connectivity index (χ2v) is 4.65. The van der Waals surface area contributed by atoms with Crippen molar-refractivity contribution in [2.75, 3.05) is 24.3 Å². The van der Waals surface area contributed by atoms with Gasteiger partial charge in [-0.3, -0.25) is 9.59 Å². The van der Waals surface area contributed by atoms with Gasteiger partial charge in [-0.2, -0.15) is 0 Å². The summed E-state index contributed by atoms with van der Waals surface area (Å²) in [5.74, 6) is 0. The lowest BCUT2D eigenvalue weighted by molar-refractivity contribution is 1.04. The van der Waals surface area contributed by atoms with E-state index in [1.165, 1.54) is 0 Å². The van der Waals surface area contributed by atoms with Crippen molar-refractivity contribution in [1.82, 2.24) is 0 Å². The summed E-state index contributed by atoms with van der Waals surface area (Å²) in [6, 6.07) is 7.81. The summed E-state index contributed by atoms with van der Waals surface area (Å²) in [5, 5.41) is 3.03. The molecular weight excluding hydrogens is 242 g/mol. The molecule has 0 fully saturated rings. The molecule has 0 amide bonds. The minimum atomic E-state index is -0.446. The normalized spacial score (nSPS) is 10.7. The quantitative estimate of drug-likeness (QED) is 0.761. The van der Waals surface area contributed by atoms with Crippen molar-refractivity contribution in [1.29, 1.82) is 0 Å². The molecule has 0 spiro atoms. The molecule has 0 aliphatic heterocycles. The molecule has 100 valence electrons. The number of hydrogen-bond donors (Lipinski definition) is 2. The Bertz CT molecular complexity index is 655. The second kappa shape index (κ2) is 5.24. The lowest BCUT2D eigenvalue weighted by Crippen LogP contribution is -2.39. The number of nitrogens with one attached hydrogen (secondary N) is 1. The van der Waals surface area contributed by atoms with E-state index in [1.54, 1.807) is 19.0 Å². The Balaban J connectivity index is 2.13. The minimum Gasteiger partial charge on any atom is -0.376 e. The smallest absolute Gasteiger partial charge is 0.253 e. The third-order valence-corrected chi connectivity index (χ3v) is 3.03. The fraction of sp³-hybridized carbons (Fsp3) is 0.286. The lowest BCUT2D eigenvalue weighted by atomic mass is 10.1. The minimum absolute atomic E-state index is 0.396. The molecule has 0 heterocycles. The van der Waals surface area contributed by atoms with Gasteiger partial charge < -0.3 is 16.0 Å². The van der Waals surface area contributed by atoms with E-state index in [1.807, 2.05) is 24.3 Å². The third kappa shape index (κ3) is 2.51. The van der Waals surface area contributed by atoms with Gasteiger partial charge in [0.15, 0.2) is 0 Å². The topological polar surface area (TPSA) is 75.4 Å². The first-order valence-electron chi connectivity index (χ1n) is 6.07. The van der Waals surface area contributed by atoms with Crippen LogP contribution in [-0.4, -0.2) is 14.1 Å². The van der Waals surface area contributed by atoms with Crippen molar-refractivity contribution in [3.05, 3.63) is 55.8 Å². The Morgan fingerprint density at radius 2 is 1.84 bits per heavy atom. The zero-order chi connectivity index (χ0) is 14.0. The van der Waals surface area contributed by atoms with E-state index >= 15 is 0 Å². The van der Waals surface area contributed by atoms with Crippen LogP contribution in [0.3, 0.4) is 0 Å². The van der Waals surface area contributed by atoms with Gasteiger partial charge in [0.25, 0.3) is 10.9 Å². The SMILES string of the molecule is CN(C)c1c(NCc2cccc(CN)c2)c(=O)c1=O. The van der Waals surface area contributed by atoms with E-state index in [-0.39, 0.29) is 0 Å².